The van der Waals surface area contributed by atoms with Gasteiger partial charge in [-0.3, -0.25) is 0 Å². The van der Waals surface area contributed by atoms with Crippen LogP contribution in [-0.4, -0.2) is 30.2 Å². The molecule has 0 aromatic heterocycles. The zero-order valence-electron chi connectivity index (χ0n) is 19.6. The van der Waals surface area contributed by atoms with Crippen LogP contribution in [0.3, 0.4) is 0 Å². The molecule has 0 saturated carbocycles. The van der Waals surface area contributed by atoms with Gasteiger partial charge in [0.25, 0.3) is 0 Å². The van der Waals surface area contributed by atoms with Gasteiger partial charge in [0.15, 0.2) is 0 Å². The van der Waals surface area contributed by atoms with Gasteiger partial charge >= 0.3 is 6.09 Å². The van der Waals surface area contributed by atoms with E-state index in [1.54, 1.807) is 4.90 Å². The molecule has 1 heterocycles. The van der Waals surface area contributed by atoms with Gasteiger partial charge in [0.1, 0.15) is 11.7 Å². The van der Waals surface area contributed by atoms with E-state index in [1.807, 2.05) is 84.9 Å². The zero-order valence-corrected chi connectivity index (χ0v) is 19.6. The van der Waals surface area contributed by atoms with Crippen molar-refractivity contribution in [3.8, 4) is 0 Å². The predicted octanol–water partition coefficient (Wildman–Crippen LogP) is 6.41. The lowest BCUT2D eigenvalue weighted by atomic mass is 9.80. The number of nitrogens with zero attached hydrogens (tertiary/aromatic N) is 1. The van der Waals surface area contributed by atoms with Crippen molar-refractivity contribution in [3.05, 3.63) is 144 Å². The molecule has 0 bridgehead atoms. The van der Waals surface area contributed by atoms with Gasteiger partial charge < -0.3 is 14.4 Å². The predicted molar refractivity (Wildman–Crippen MR) is 137 cm³/mol. The summed E-state index contributed by atoms with van der Waals surface area (Å²) in [5.41, 5.74) is 3.37. The average molecular weight is 464 g/mol. The SMILES string of the molecule is O=C1O[C@H](COC(c2ccccc2)(c2ccccc2)c2ccccc2)CCN1Cc1ccccc1. The molecule has 1 fully saturated rings. The van der Waals surface area contributed by atoms with Crippen molar-refractivity contribution in [2.45, 2.75) is 24.7 Å². The summed E-state index contributed by atoms with van der Waals surface area (Å²) in [6.07, 6.45) is 0.107. The minimum Gasteiger partial charge on any atom is -0.444 e. The second-order valence-corrected chi connectivity index (χ2v) is 8.79. The van der Waals surface area contributed by atoms with Crippen LogP contribution in [0.5, 0.6) is 0 Å². The van der Waals surface area contributed by atoms with Crippen molar-refractivity contribution in [1.82, 2.24) is 4.90 Å². The number of carbonyl (C=O) groups excluding carboxylic acids is 1. The molecule has 1 saturated heterocycles. The van der Waals surface area contributed by atoms with Gasteiger partial charge in [-0.25, -0.2) is 4.79 Å². The molecule has 0 N–H and O–H groups in total. The van der Waals surface area contributed by atoms with Crippen LogP contribution in [0.25, 0.3) is 0 Å². The van der Waals surface area contributed by atoms with Crippen molar-refractivity contribution in [2.24, 2.45) is 0 Å². The number of hydrogen-bond donors (Lipinski definition) is 0. The molecule has 4 heteroatoms. The van der Waals surface area contributed by atoms with E-state index in [4.69, 9.17) is 9.47 Å². The summed E-state index contributed by atoms with van der Waals surface area (Å²) < 4.78 is 12.7. The lowest BCUT2D eigenvalue weighted by Gasteiger charge is -2.38. The van der Waals surface area contributed by atoms with Crippen molar-refractivity contribution in [2.75, 3.05) is 13.2 Å². The normalized spacial score (nSPS) is 16.1. The minimum absolute atomic E-state index is 0.293. The first-order chi connectivity index (χ1) is 17.3. The number of cyclic esters (lactones) is 1. The first-order valence-corrected chi connectivity index (χ1v) is 12.1. The standard InChI is InChI=1S/C31H29NO3/c33-30-32(23-25-13-5-1-6-14-25)22-21-29(35-30)24-34-31(26-15-7-2-8-16-26,27-17-9-3-10-18-27)28-19-11-4-12-20-28/h1-20,29H,21-24H2/t29-/m0/s1. The topological polar surface area (TPSA) is 38.8 Å². The molecule has 35 heavy (non-hydrogen) atoms. The molecule has 1 amide bonds. The summed E-state index contributed by atoms with van der Waals surface area (Å²) in [5, 5.41) is 0. The Labute approximate surface area is 206 Å². The number of carbonyl (C=O) groups is 1. The maximum atomic E-state index is 12.8. The molecule has 1 aliphatic heterocycles. The summed E-state index contributed by atoms with van der Waals surface area (Å²) in [4.78, 5) is 14.5. The highest BCUT2D eigenvalue weighted by molar-refractivity contribution is 5.68. The number of rotatable bonds is 8. The Hall–Kier alpha value is -3.89. The smallest absolute Gasteiger partial charge is 0.410 e. The van der Waals surface area contributed by atoms with E-state index in [2.05, 4.69) is 36.4 Å². The maximum absolute atomic E-state index is 12.8. The summed E-state index contributed by atoms with van der Waals surface area (Å²) in [6.45, 7) is 1.48. The first kappa shape index (κ1) is 22.9. The molecular formula is C31H29NO3. The van der Waals surface area contributed by atoms with Crippen molar-refractivity contribution in [3.63, 3.8) is 0 Å². The third-order valence-corrected chi connectivity index (χ3v) is 6.49. The van der Waals surface area contributed by atoms with Gasteiger partial charge in [-0.05, 0) is 22.3 Å². The molecule has 4 nitrogen and oxygen atoms in total. The van der Waals surface area contributed by atoms with Gasteiger partial charge in [0, 0.05) is 19.5 Å². The fraction of sp³-hybridized carbons (Fsp3) is 0.194. The van der Waals surface area contributed by atoms with Crippen LogP contribution in [0.1, 0.15) is 28.7 Å². The fourth-order valence-electron chi connectivity index (χ4n) is 4.72. The van der Waals surface area contributed by atoms with E-state index >= 15 is 0 Å². The highest BCUT2D eigenvalue weighted by Gasteiger charge is 2.39. The number of benzene rings is 4. The van der Waals surface area contributed by atoms with Crippen molar-refractivity contribution in [1.29, 1.82) is 0 Å². The van der Waals surface area contributed by atoms with E-state index in [1.165, 1.54) is 0 Å². The summed E-state index contributed by atoms with van der Waals surface area (Å²) >= 11 is 0. The van der Waals surface area contributed by atoms with Crippen molar-refractivity contribution < 1.29 is 14.3 Å². The molecule has 5 rings (SSSR count). The van der Waals surface area contributed by atoms with E-state index in [0.29, 0.717) is 26.1 Å². The number of ether oxygens (including phenoxy) is 2. The Bertz CT molecular complexity index is 1120. The molecular weight excluding hydrogens is 434 g/mol. The minimum atomic E-state index is -0.822. The molecule has 0 spiro atoms. The maximum Gasteiger partial charge on any atom is 0.410 e. The van der Waals surface area contributed by atoms with Crippen LogP contribution in [-0.2, 0) is 21.6 Å². The lowest BCUT2D eigenvalue weighted by molar-refractivity contribution is -0.0652. The molecule has 4 aromatic rings. The van der Waals surface area contributed by atoms with Gasteiger partial charge in [-0.1, -0.05) is 121 Å². The summed E-state index contributed by atoms with van der Waals surface area (Å²) in [7, 11) is 0. The Morgan fingerprint density at radius 3 is 1.63 bits per heavy atom. The van der Waals surface area contributed by atoms with Crippen LogP contribution in [0.2, 0.25) is 0 Å². The largest absolute Gasteiger partial charge is 0.444 e. The summed E-state index contributed by atoms with van der Waals surface area (Å²) in [6, 6.07) is 40.7. The molecule has 0 aliphatic carbocycles. The van der Waals surface area contributed by atoms with Crippen LogP contribution in [0, 0.1) is 0 Å². The summed E-state index contributed by atoms with van der Waals surface area (Å²) in [5.74, 6) is 0. The quantitative estimate of drug-likeness (QED) is 0.284. The van der Waals surface area contributed by atoms with Gasteiger partial charge in [0.05, 0.1) is 6.61 Å². The second-order valence-electron chi connectivity index (χ2n) is 8.79. The molecule has 0 radical (unpaired) electrons. The fourth-order valence-corrected chi connectivity index (χ4v) is 4.72. The van der Waals surface area contributed by atoms with E-state index in [0.717, 1.165) is 22.3 Å². The third kappa shape index (κ3) is 4.98. The van der Waals surface area contributed by atoms with Gasteiger partial charge in [0.2, 0.25) is 0 Å². The molecule has 4 aromatic carbocycles. The van der Waals surface area contributed by atoms with Crippen LogP contribution >= 0.6 is 0 Å². The highest BCUT2D eigenvalue weighted by Crippen LogP contribution is 2.40. The van der Waals surface area contributed by atoms with E-state index in [9.17, 15) is 4.79 Å². The number of amides is 1. The lowest BCUT2D eigenvalue weighted by Crippen LogP contribution is -2.44. The monoisotopic (exact) mass is 463 g/mol. The van der Waals surface area contributed by atoms with E-state index < -0.39 is 5.60 Å². The third-order valence-electron chi connectivity index (χ3n) is 6.49. The van der Waals surface area contributed by atoms with Crippen LogP contribution < -0.4 is 0 Å². The Morgan fingerprint density at radius 1 is 0.714 bits per heavy atom. The Morgan fingerprint density at radius 2 is 1.17 bits per heavy atom. The molecule has 176 valence electrons. The number of hydrogen-bond acceptors (Lipinski definition) is 3. The first-order valence-electron chi connectivity index (χ1n) is 12.1. The van der Waals surface area contributed by atoms with Crippen LogP contribution in [0.4, 0.5) is 4.79 Å². The molecule has 1 atom stereocenters. The average Bonchev–Trinajstić information content (AvgIpc) is 2.93. The highest BCUT2D eigenvalue weighted by atomic mass is 16.6. The Balaban J connectivity index is 1.40. The zero-order chi connectivity index (χ0) is 23.9. The van der Waals surface area contributed by atoms with Crippen molar-refractivity contribution >= 4 is 6.09 Å². The molecule has 1 aliphatic rings. The van der Waals surface area contributed by atoms with E-state index in [-0.39, 0.29) is 12.2 Å². The molecule has 0 unspecified atom stereocenters. The van der Waals surface area contributed by atoms with Gasteiger partial charge in [-0.15, -0.1) is 0 Å². The second kappa shape index (κ2) is 10.6. The van der Waals surface area contributed by atoms with Gasteiger partial charge in [-0.2, -0.15) is 0 Å². The Kier molecular flexibility index (Phi) is 6.92. The van der Waals surface area contributed by atoms with Crippen LogP contribution in [0.15, 0.2) is 121 Å².